The summed E-state index contributed by atoms with van der Waals surface area (Å²) in [6, 6.07) is 0. The molecule has 0 bridgehead atoms. The molecule has 14 heavy (non-hydrogen) atoms. The van der Waals surface area contributed by atoms with Crippen LogP contribution in [0.15, 0.2) is 23.8 Å². The van der Waals surface area contributed by atoms with E-state index in [1.54, 1.807) is 7.11 Å². The van der Waals surface area contributed by atoms with Crippen LogP contribution >= 0.6 is 0 Å². The van der Waals surface area contributed by atoms with E-state index in [2.05, 4.69) is 39.0 Å². The van der Waals surface area contributed by atoms with E-state index in [1.165, 1.54) is 5.57 Å². The van der Waals surface area contributed by atoms with Crippen LogP contribution < -0.4 is 0 Å². The van der Waals surface area contributed by atoms with E-state index in [9.17, 15) is 0 Å². The lowest BCUT2D eigenvalue weighted by molar-refractivity contribution is 0.125. The second-order valence-corrected chi connectivity index (χ2v) is 3.54. The number of hydrogen-bond donors (Lipinski definition) is 0. The molecule has 0 saturated carbocycles. The number of methoxy groups -OCH3 is 1. The van der Waals surface area contributed by atoms with Gasteiger partial charge in [0.2, 0.25) is 0 Å². The molecular weight excluding hydrogens is 172 g/mol. The molecule has 0 aliphatic carbocycles. The summed E-state index contributed by atoms with van der Waals surface area (Å²) in [6.45, 7) is 6.47. The lowest BCUT2D eigenvalue weighted by Crippen LogP contribution is -2.11. The van der Waals surface area contributed by atoms with Gasteiger partial charge in [-0.3, -0.25) is 0 Å². The first-order valence-corrected chi connectivity index (χ1v) is 5.60. The maximum Gasteiger partial charge on any atom is 0.0781 e. The van der Waals surface area contributed by atoms with Crippen LogP contribution in [0.4, 0.5) is 0 Å². The maximum absolute atomic E-state index is 5.44. The Balaban J connectivity index is 3.90. The van der Waals surface area contributed by atoms with E-state index in [4.69, 9.17) is 4.74 Å². The van der Waals surface area contributed by atoms with Crippen molar-refractivity contribution >= 4 is 0 Å². The molecule has 0 saturated heterocycles. The maximum atomic E-state index is 5.44. The van der Waals surface area contributed by atoms with Crippen LogP contribution in [0.5, 0.6) is 0 Å². The summed E-state index contributed by atoms with van der Waals surface area (Å²) in [7, 11) is 1.79. The van der Waals surface area contributed by atoms with Crippen molar-refractivity contribution in [3.8, 4) is 0 Å². The summed E-state index contributed by atoms with van der Waals surface area (Å²) < 4.78 is 5.44. The molecule has 1 atom stereocenters. The van der Waals surface area contributed by atoms with Gasteiger partial charge < -0.3 is 4.74 Å². The van der Waals surface area contributed by atoms with Gasteiger partial charge in [-0.1, -0.05) is 32.1 Å². The Morgan fingerprint density at radius 3 is 2.43 bits per heavy atom. The summed E-state index contributed by atoms with van der Waals surface area (Å²) >= 11 is 0. The van der Waals surface area contributed by atoms with Crippen LogP contribution in [0.25, 0.3) is 0 Å². The first kappa shape index (κ1) is 13.4. The summed E-state index contributed by atoms with van der Waals surface area (Å²) in [5.74, 6) is 0. The van der Waals surface area contributed by atoms with Crippen molar-refractivity contribution in [3.63, 3.8) is 0 Å². The highest BCUT2D eigenvalue weighted by Gasteiger charge is 2.06. The molecule has 0 fully saturated rings. The molecule has 1 nitrogen and oxygen atoms in total. The summed E-state index contributed by atoms with van der Waals surface area (Å²) in [6.07, 6.45) is 11.4. The molecule has 0 N–H and O–H groups in total. The van der Waals surface area contributed by atoms with E-state index in [-0.39, 0.29) is 0 Å². The third-order valence-corrected chi connectivity index (χ3v) is 2.32. The molecule has 0 aromatic carbocycles. The van der Waals surface area contributed by atoms with Gasteiger partial charge in [0.25, 0.3) is 0 Å². The topological polar surface area (TPSA) is 9.23 Å². The highest BCUT2D eigenvalue weighted by atomic mass is 16.5. The lowest BCUT2D eigenvalue weighted by Gasteiger charge is -2.15. The molecule has 0 radical (unpaired) electrons. The fourth-order valence-corrected chi connectivity index (χ4v) is 1.52. The van der Waals surface area contributed by atoms with Gasteiger partial charge >= 0.3 is 0 Å². The zero-order valence-electron chi connectivity index (χ0n) is 10.0. The molecule has 0 heterocycles. The predicted octanol–water partition coefficient (Wildman–Crippen LogP) is 4.10. The SMILES string of the molecule is CCC=CCCC(OC)C(C)=CCC. The Kier molecular flexibility index (Phi) is 8.65. The van der Waals surface area contributed by atoms with Gasteiger partial charge in [-0.15, -0.1) is 0 Å². The molecule has 0 rings (SSSR count). The van der Waals surface area contributed by atoms with Crippen LogP contribution in [0.3, 0.4) is 0 Å². The second kappa shape index (κ2) is 9.01. The van der Waals surface area contributed by atoms with Gasteiger partial charge in [0.1, 0.15) is 0 Å². The van der Waals surface area contributed by atoms with Gasteiger partial charge in [-0.25, -0.2) is 0 Å². The van der Waals surface area contributed by atoms with Gasteiger partial charge in [0, 0.05) is 7.11 Å². The van der Waals surface area contributed by atoms with Crippen molar-refractivity contribution in [1.82, 2.24) is 0 Å². The lowest BCUT2D eigenvalue weighted by atomic mass is 10.1. The Hall–Kier alpha value is -0.560. The summed E-state index contributed by atoms with van der Waals surface area (Å²) in [4.78, 5) is 0. The first-order valence-electron chi connectivity index (χ1n) is 5.60. The molecule has 1 heteroatoms. The minimum Gasteiger partial charge on any atom is -0.377 e. The zero-order chi connectivity index (χ0) is 10.8. The predicted molar refractivity (Wildman–Crippen MR) is 63.5 cm³/mol. The largest absolute Gasteiger partial charge is 0.377 e. The zero-order valence-corrected chi connectivity index (χ0v) is 10.0. The highest BCUT2D eigenvalue weighted by molar-refractivity contribution is 5.05. The number of allylic oxidation sites excluding steroid dienone is 3. The minimum atomic E-state index is 0.302. The average molecular weight is 196 g/mol. The molecule has 82 valence electrons. The van der Waals surface area contributed by atoms with Gasteiger partial charge in [-0.2, -0.15) is 0 Å². The Bertz CT molecular complexity index is 180. The Morgan fingerprint density at radius 1 is 1.21 bits per heavy atom. The highest BCUT2D eigenvalue weighted by Crippen LogP contribution is 2.13. The molecule has 0 aromatic heterocycles. The molecular formula is C13H24O. The van der Waals surface area contributed by atoms with Crippen molar-refractivity contribution in [3.05, 3.63) is 23.8 Å². The van der Waals surface area contributed by atoms with Crippen molar-refractivity contribution in [2.45, 2.75) is 52.6 Å². The van der Waals surface area contributed by atoms with Crippen molar-refractivity contribution in [1.29, 1.82) is 0 Å². The van der Waals surface area contributed by atoms with E-state index in [0.29, 0.717) is 6.10 Å². The van der Waals surface area contributed by atoms with Crippen molar-refractivity contribution in [2.24, 2.45) is 0 Å². The standard InChI is InChI=1S/C13H24O/c1-5-7-8-9-11-13(14-4)12(3)10-6-2/h7-8,10,13H,5-6,9,11H2,1-4H3. The minimum absolute atomic E-state index is 0.302. The van der Waals surface area contributed by atoms with E-state index in [0.717, 1.165) is 25.7 Å². The second-order valence-electron chi connectivity index (χ2n) is 3.54. The van der Waals surface area contributed by atoms with Crippen LogP contribution in [0, 0.1) is 0 Å². The van der Waals surface area contributed by atoms with Gasteiger partial charge in [0.15, 0.2) is 0 Å². The molecule has 0 aromatic rings. The molecule has 0 aliphatic heterocycles. The number of rotatable bonds is 7. The first-order chi connectivity index (χ1) is 6.76. The van der Waals surface area contributed by atoms with Crippen LogP contribution in [-0.4, -0.2) is 13.2 Å². The molecule has 0 spiro atoms. The average Bonchev–Trinajstić information content (AvgIpc) is 2.18. The Morgan fingerprint density at radius 2 is 1.93 bits per heavy atom. The molecule has 1 unspecified atom stereocenters. The summed E-state index contributed by atoms with van der Waals surface area (Å²) in [5, 5.41) is 0. The van der Waals surface area contributed by atoms with Crippen LogP contribution in [0.2, 0.25) is 0 Å². The third kappa shape index (κ3) is 5.98. The third-order valence-electron chi connectivity index (χ3n) is 2.32. The van der Waals surface area contributed by atoms with E-state index in [1.807, 2.05) is 0 Å². The fraction of sp³-hybridized carbons (Fsp3) is 0.692. The summed E-state index contributed by atoms with van der Waals surface area (Å²) in [5.41, 5.74) is 1.36. The Labute approximate surface area is 88.9 Å². The fourth-order valence-electron chi connectivity index (χ4n) is 1.52. The van der Waals surface area contributed by atoms with Crippen LogP contribution in [-0.2, 0) is 4.74 Å². The normalized spacial score (nSPS) is 15.0. The van der Waals surface area contributed by atoms with E-state index >= 15 is 0 Å². The van der Waals surface area contributed by atoms with Crippen molar-refractivity contribution < 1.29 is 4.74 Å². The van der Waals surface area contributed by atoms with Crippen LogP contribution in [0.1, 0.15) is 46.5 Å². The number of ether oxygens (including phenoxy) is 1. The van der Waals surface area contributed by atoms with Gasteiger partial charge in [0.05, 0.1) is 6.10 Å². The smallest absolute Gasteiger partial charge is 0.0781 e. The van der Waals surface area contributed by atoms with Gasteiger partial charge in [-0.05, 0) is 38.2 Å². The van der Waals surface area contributed by atoms with E-state index < -0.39 is 0 Å². The number of hydrogen-bond acceptors (Lipinski definition) is 1. The monoisotopic (exact) mass is 196 g/mol. The van der Waals surface area contributed by atoms with Crippen molar-refractivity contribution in [2.75, 3.05) is 7.11 Å². The molecule has 0 aliphatic rings. The quantitative estimate of drug-likeness (QED) is 0.557. The molecule has 0 amide bonds.